The van der Waals surface area contributed by atoms with Crippen LogP contribution in [0.1, 0.15) is 25.7 Å². The normalized spacial score (nSPS) is 35.1. The third-order valence-corrected chi connectivity index (χ3v) is 4.42. The third kappa shape index (κ3) is 2.24. The lowest BCUT2D eigenvalue weighted by Crippen LogP contribution is -2.38. The highest BCUT2D eigenvalue weighted by molar-refractivity contribution is 7.99. The van der Waals surface area contributed by atoms with Crippen LogP contribution in [0.4, 0.5) is 0 Å². The van der Waals surface area contributed by atoms with E-state index in [0.29, 0.717) is 12.0 Å². The molecular formula is C11H18N2S. The van der Waals surface area contributed by atoms with E-state index in [4.69, 9.17) is 5.26 Å². The Labute approximate surface area is 90.7 Å². The van der Waals surface area contributed by atoms with Crippen LogP contribution in [0.2, 0.25) is 0 Å². The zero-order chi connectivity index (χ0) is 9.80. The molecule has 1 heterocycles. The molecule has 2 rings (SSSR count). The summed E-state index contributed by atoms with van der Waals surface area (Å²) in [6.45, 7) is 2.42. The molecule has 2 atom stereocenters. The maximum Gasteiger partial charge on any atom is 0.0672 e. The predicted molar refractivity (Wildman–Crippen MR) is 60.3 cm³/mol. The number of nitriles is 1. The summed E-state index contributed by atoms with van der Waals surface area (Å²) in [5, 5.41) is 9.06. The van der Waals surface area contributed by atoms with Gasteiger partial charge in [0.1, 0.15) is 0 Å². The summed E-state index contributed by atoms with van der Waals surface area (Å²) in [4.78, 5) is 2.57. The van der Waals surface area contributed by atoms with Crippen molar-refractivity contribution < 1.29 is 0 Å². The van der Waals surface area contributed by atoms with Crippen molar-refractivity contribution in [1.29, 1.82) is 5.26 Å². The zero-order valence-corrected chi connectivity index (χ0v) is 9.43. The maximum atomic E-state index is 9.06. The molecule has 2 unspecified atom stereocenters. The van der Waals surface area contributed by atoms with Crippen molar-refractivity contribution in [3.05, 3.63) is 0 Å². The van der Waals surface area contributed by atoms with Crippen molar-refractivity contribution in [3.8, 4) is 6.07 Å². The molecule has 0 aromatic heterocycles. The molecule has 0 aromatic rings. The first kappa shape index (κ1) is 10.3. The highest BCUT2D eigenvalue weighted by atomic mass is 32.2. The minimum absolute atomic E-state index is 0.318. The first-order chi connectivity index (χ1) is 6.92. The Morgan fingerprint density at radius 1 is 1.14 bits per heavy atom. The highest BCUT2D eigenvalue weighted by Crippen LogP contribution is 2.30. The molecule has 2 aliphatic rings. The molecule has 0 amide bonds. The molecular weight excluding hydrogens is 192 g/mol. The Hall–Kier alpha value is -0.200. The first-order valence-corrected chi connectivity index (χ1v) is 6.78. The van der Waals surface area contributed by atoms with Gasteiger partial charge in [-0.1, -0.05) is 6.42 Å². The number of hydrogen-bond acceptors (Lipinski definition) is 3. The fourth-order valence-electron chi connectivity index (χ4n) is 2.63. The van der Waals surface area contributed by atoms with Crippen molar-refractivity contribution >= 4 is 11.8 Å². The van der Waals surface area contributed by atoms with E-state index in [1.54, 1.807) is 0 Å². The smallest absolute Gasteiger partial charge is 0.0672 e. The van der Waals surface area contributed by atoms with Gasteiger partial charge in [-0.25, -0.2) is 0 Å². The van der Waals surface area contributed by atoms with Gasteiger partial charge in [-0.3, -0.25) is 4.90 Å². The second-order valence-corrected chi connectivity index (χ2v) is 5.46. The molecule has 1 saturated carbocycles. The standard InChI is InChI=1S/C11H18N2S/c12-9-10-3-1-4-11(10)13-5-2-7-14-8-6-13/h10-11H,1-8H2. The summed E-state index contributed by atoms with van der Waals surface area (Å²) in [5.74, 6) is 2.88. The van der Waals surface area contributed by atoms with Gasteiger partial charge in [0.15, 0.2) is 0 Å². The highest BCUT2D eigenvalue weighted by Gasteiger charge is 2.31. The number of thioether (sulfide) groups is 1. The van der Waals surface area contributed by atoms with Crippen molar-refractivity contribution in [2.24, 2.45) is 5.92 Å². The van der Waals surface area contributed by atoms with Crippen LogP contribution < -0.4 is 0 Å². The van der Waals surface area contributed by atoms with Gasteiger partial charge in [-0.05, 0) is 31.6 Å². The molecule has 1 saturated heterocycles. The van der Waals surface area contributed by atoms with Crippen LogP contribution in [-0.4, -0.2) is 35.5 Å². The van der Waals surface area contributed by atoms with Gasteiger partial charge in [0.05, 0.1) is 12.0 Å². The summed E-state index contributed by atoms with van der Waals surface area (Å²) in [5.41, 5.74) is 0. The Morgan fingerprint density at radius 2 is 2.07 bits per heavy atom. The Bertz CT molecular complexity index is 216. The van der Waals surface area contributed by atoms with Gasteiger partial charge < -0.3 is 0 Å². The molecule has 0 radical (unpaired) electrons. The maximum absolute atomic E-state index is 9.06. The fourth-order valence-corrected chi connectivity index (χ4v) is 3.53. The van der Waals surface area contributed by atoms with Crippen LogP contribution in [-0.2, 0) is 0 Å². The average molecular weight is 210 g/mol. The van der Waals surface area contributed by atoms with Crippen molar-refractivity contribution in [1.82, 2.24) is 4.90 Å². The third-order valence-electron chi connectivity index (χ3n) is 3.37. The number of hydrogen-bond donors (Lipinski definition) is 0. The molecule has 0 bridgehead atoms. The lowest BCUT2D eigenvalue weighted by atomic mass is 10.0. The van der Waals surface area contributed by atoms with Gasteiger partial charge in [-0.15, -0.1) is 0 Å². The van der Waals surface area contributed by atoms with Crippen molar-refractivity contribution in [2.75, 3.05) is 24.6 Å². The second kappa shape index (κ2) is 5.04. The van der Waals surface area contributed by atoms with Gasteiger partial charge in [0.2, 0.25) is 0 Å². The Balaban J connectivity index is 1.95. The van der Waals surface area contributed by atoms with Crippen molar-refractivity contribution in [2.45, 2.75) is 31.7 Å². The van der Waals surface area contributed by atoms with Crippen LogP contribution in [0.15, 0.2) is 0 Å². The van der Waals surface area contributed by atoms with E-state index >= 15 is 0 Å². The monoisotopic (exact) mass is 210 g/mol. The van der Waals surface area contributed by atoms with E-state index < -0.39 is 0 Å². The van der Waals surface area contributed by atoms with E-state index in [9.17, 15) is 0 Å². The molecule has 0 aromatic carbocycles. The first-order valence-electron chi connectivity index (χ1n) is 5.63. The number of nitrogens with zero attached hydrogens (tertiary/aromatic N) is 2. The number of rotatable bonds is 1. The lowest BCUT2D eigenvalue weighted by Gasteiger charge is -2.28. The Kier molecular flexibility index (Phi) is 3.72. The molecule has 0 spiro atoms. The van der Waals surface area contributed by atoms with Gasteiger partial charge in [0, 0.05) is 18.3 Å². The van der Waals surface area contributed by atoms with E-state index in [-0.39, 0.29) is 0 Å². The molecule has 78 valence electrons. The summed E-state index contributed by atoms with van der Waals surface area (Å²) in [7, 11) is 0. The zero-order valence-electron chi connectivity index (χ0n) is 8.61. The molecule has 14 heavy (non-hydrogen) atoms. The summed E-state index contributed by atoms with van der Waals surface area (Å²) < 4.78 is 0. The van der Waals surface area contributed by atoms with Crippen molar-refractivity contribution in [3.63, 3.8) is 0 Å². The lowest BCUT2D eigenvalue weighted by molar-refractivity contribution is 0.192. The fraction of sp³-hybridized carbons (Fsp3) is 0.909. The average Bonchev–Trinajstić information content (AvgIpc) is 2.52. The van der Waals surface area contributed by atoms with E-state index in [1.165, 1.54) is 43.9 Å². The van der Waals surface area contributed by atoms with Crippen LogP contribution in [0.5, 0.6) is 0 Å². The molecule has 1 aliphatic carbocycles. The van der Waals surface area contributed by atoms with E-state index in [2.05, 4.69) is 22.7 Å². The van der Waals surface area contributed by atoms with Crippen LogP contribution in [0.25, 0.3) is 0 Å². The van der Waals surface area contributed by atoms with Crippen LogP contribution in [0, 0.1) is 17.2 Å². The molecule has 2 fully saturated rings. The quantitative estimate of drug-likeness (QED) is 0.663. The molecule has 2 nitrogen and oxygen atoms in total. The second-order valence-electron chi connectivity index (χ2n) is 4.24. The topological polar surface area (TPSA) is 27.0 Å². The Morgan fingerprint density at radius 3 is 2.93 bits per heavy atom. The minimum atomic E-state index is 0.318. The largest absolute Gasteiger partial charge is 0.298 e. The van der Waals surface area contributed by atoms with E-state index in [1.807, 2.05) is 0 Å². The van der Waals surface area contributed by atoms with Gasteiger partial charge >= 0.3 is 0 Å². The summed E-state index contributed by atoms with van der Waals surface area (Å²) >= 11 is 2.06. The minimum Gasteiger partial charge on any atom is -0.298 e. The van der Waals surface area contributed by atoms with E-state index in [0.717, 1.165) is 6.42 Å². The van der Waals surface area contributed by atoms with Crippen LogP contribution in [0.3, 0.4) is 0 Å². The molecule has 0 N–H and O–H groups in total. The molecule has 1 aliphatic heterocycles. The summed E-state index contributed by atoms with van der Waals surface area (Å²) in [6.07, 6.45) is 4.94. The van der Waals surface area contributed by atoms with Crippen LogP contribution >= 0.6 is 11.8 Å². The summed E-state index contributed by atoms with van der Waals surface area (Å²) in [6, 6.07) is 3.07. The van der Waals surface area contributed by atoms with Gasteiger partial charge in [-0.2, -0.15) is 17.0 Å². The SMILES string of the molecule is N#CC1CCCC1N1CCCSCC1. The predicted octanol–water partition coefficient (Wildman–Crippen LogP) is 2.12. The molecule has 3 heteroatoms. The van der Waals surface area contributed by atoms with Gasteiger partial charge in [0.25, 0.3) is 0 Å².